The first-order chi connectivity index (χ1) is 9.31. The van der Waals surface area contributed by atoms with Gasteiger partial charge in [-0.1, -0.05) is 19.9 Å². The Morgan fingerprint density at radius 2 is 2.05 bits per heavy atom. The highest BCUT2D eigenvalue weighted by molar-refractivity contribution is 7.89. The quantitative estimate of drug-likeness (QED) is 0.740. The minimum absolute atomic E-state index is 0.162. The van der Waals surface area contributed by atoms with Gasteiger partial charge in [-0.3, -0.25) is 4.98 Å². The number of hydrogen-bond donors (Lipinski definition) is 1. The number of hydrogen-bond acceptors (Lipinski definition) is 4. The summed E-state index contributed by atoms with van der Waals surface area (Å²) < 4.78 is 25.6. The third-order valence-corrected chi connectivity index (χ3v) is 4.82. The van der Waals surface area contributed by atoms with Crippen molar-refractivity contribution in [3.05, 3.63) is 29.6 Å². The summed E-state index contributed by atoms with van der Waals surface area (Å²) in [5.41, 5.74) is 1.67. The summed E-state index contributed by atoms with van der Waals surface area (Å²) in [4.78, 5) is 4.33. The number of sulfonamides is 1. The molecular formula is C14H25N3O2S. The molecule has 0 bridgehead atoms. The maximum absolute atomic E-state index is 12.1. The van der Waals surface area contributed by atoms with E-state index in [9.17, 15) is 8.42 Å². The summed E-state index contributed by atoms with van der Waals surface area (Å²) >= 11 is 0. The maximum atomic E-state index is 12.1. The Morgan fingerprint density at radius 1 is 1.35 bits per heavy atom. The number of rotatable bonds is 8. The lowest BCUT2D eigenvalue weighted by molar-refractivity contribution is 0.458. The van der Waals surface area contributed by atoms with E-state index in [0.29, 0.717) is 25.6 Å². The van der Waals surface area contributed by atoms with E-state index in [1.54, 1.807) is 7.05 Å². The molecule has 0 aliphatic rings. The summed E-state index contributed by atoms with van der Waals surface area (Å²) in [5.74, 6) is 0.162. The summed E-state index contributed by atoms with van der Waals surface area (Å²) in [7, 11) is -1.61. The first-order valence-electron chi connectivity index (χ1n) is 6.91. The van der Waals surface area contributed by atoms with Gasteiger partial charge in [0.2, 0.25) is 10.0 Å². The zero-order valence-electron chi connectivity index (χ0n) is 12.8. The number of nitrogens with one attached hydrogen (secondary N) is 1. The summed E-state index contributed by atoms with van der Waals surface area (Å²) in [5, 5.41) is 3.22. The molecule has 1 aromatic rings. The Kier molecular flexibility index (Phi) is 6.58. The second-order valence-corrected chi connectivity index (χ2v) is 7.50. The molecule has 0 amide bonds. The van der Waals surface area contributed by atoms with E-state index in [1.165, 1.54) is 4.31 Å². The minimum atomic E-state index is -3.22. The Bertz CT molecular complexity index is 515. The Morgan fingerprint density at radius 3 is 2.65 bits per heavy atom. The Balaban J connectivity index is 2.50. The molecule has 1 N–H and O–H groups in total. The van der Waals surface area contributed by atoms with Crippen molar-refractivity contribution in [3.8, 4) is 0 Å². The maximum Gasteiger partial charge on any atom is 0.214 e. The topological polar surface area (TPSA) is 62.3 Å². The van der Waals surface area contributed by atoms with Crippen LogP contribution < -0.4 is 5.32 Å². The van der Waals surface area contributed by atoms with Crippen LogP contribution in [0.25, 0.3) is 0 Å². The number of pyridine rings is 1. The lowest BCUT2D eigenvalue weighted by Gasteiger charge is -2.17. The molecule has 5 nitrogen and oxygen atoms in total. The van der Waals surface area contributed by atoms with E-state index in [4.69, 9.17) is 0 Å². The van der Waals surface area contributed by atoms with Gasteiger partial charge in [0, 0.05) is 18.8 Å². The molecule has 0 spiro atoms. The fraction of sp³-hybridized carbons (Fsp3) is 0.643. The van der Waals surface area contributed by atoms with Gasteiger partial charge in [-0.25, -0.2) is 8.42 Å². The number of aromatic nitrogens is 1. The van der Waals surface area contributed by atoms with Crippen LogP contribution in [0.1, 0.15) is 31.7 Å². The highest BCUT2D eigenvalue weighted by Crippen LogP contribution is 2.07. The molecule has 114 valence electrons. The largest absolute Gasteiger partial charge is 0.314 e. The van der Waals surface area contributed by atoms with Gasteiger partial charge in [0.25, 0.3) is 0 Å². The standard InChI is InChI=1S/C14H25N3O2S/c1-12(2)15-9-6-10-20(18,19)17(4)11-14-8-5-7-13(3)16-14/h5,7-8,12,15H,6,9-11H2,1-4H3. The van der Waals surface area contributed by atoms with Gasteiger partial charge in [0.05, 0.1) is 18.0 Å². The second-order valence-electron chi connectivity index (χ2n) is 5.30. The predicted octanol–water partition coefficient (Wildman–Crippen LogP) is 1.54. The van der Waals surface area contributed by atoms with Gasteiger partial charge in [-0.05, 0) is 32.0 Å². The van der Waals surface area contributed by atoms with Crippen LogP contribution in [0, 0.1) is 6.92 Å². The van der Waals surface area contributed by atoms with E-state index in [1.807, 2.05) is 39.0 Å². The molecule has 0 fully saturated rings. The number of nitrogens with zero attached hydrogens (tertiary/aromatic N) is 2. The van der Waals surface area contributed by atoms with E-state index in [-0.39, 0.29) is 5.75 Å². The van der Waals surface area contributed by atoms with E-state index >= 15 is 0 Å². The average molecular weight is 299 g/mol. The molecule has 0 unspecified atom stereocenters. The van der Waals surface area contributed by atoms with Crippen LogP contribution in [0.15, 0.2) is 18.2 Å². The molecule has 0 atom stereocenters. The minimum Gasteiger partial charge on any atom is -0.314 e. The third-order valence-electron chi connectivity index (χ3n) is 2.94. The van der Waals surface area contributed by atoms with Crippen LogP contribution in [0.5, 0.6) is 0 Å². The normalized spacial score (nSPS) is 12.3. The van der Waals surface area contributed by atoms with Gasteiger partial charge in [0.1, 0.15) is 0 Å². The van der Waals surface area contributed by atoms with Gasteiger partial charge in [0.15, 0.2) is 0 Å². The molecule has 0 saturated carbocycles. The van der Waals surface area contributed by atoms with Crippen molar-refractivity contribution >= 4 is 10.0 Å². The van der Waals surface area contributed by atoms with Crippen LogP contribution in [-0.4, -0.2) is 43.1 Å². The molecule has 0 saturated heterocycles. The van der Waals surface area contributed by atoms with E-state index in [2.05, 4.69) is 10.3 Å². The molecule has 1 rings (SSSR count). The van der Waals surface area contributed by atoms with Crippen LogP contribution in [-0.2, 0) is 16.6 Å². The summed E-state index contributed by atoms with van der Waals surface area (Å²) in [6.45, 7) is 7.03. The zero-order valence-corrected chi connectivity index (χ0v) is 13.6. The number of aryl methyl sites for hydroxylation is 1. The highest BCUT2D eigenvalue weighted by atomic mass is 32.2. The average Bonchev–Trinajstić information content (AvgIpc) is 2.34. The summed E-state index contributed by atoms with van der Waals surface area (Å²) in [6, 6.07) is 6.02. The van der Waals surface area contributed by atoms with Crippen molar-refractivity contribution < 1.29 is 8.42 Å². The van der Waals surface area contributed by atoms with E-state index < -0.39 is 10.0 Å². The van der Waals surface area contributed by atoms with Crippen LogP contribution in [0.3, 0.4) is 0 Å². The van der Waals surface area contributed by atoms with Gasteiger partial charge in [-0.15, -0.1) is 0 Å². The second kappa shape index (κ2) is 7.71. The molecule has 0 aromatic carbocycles. The van der Waals surface area contributed by atoms with Crippen molar-refractivity contribution in [2.75, 3.05) is 19.3 Å². The molecule has 0 aliphatic carbocycles. The highest BCUT2D eigenvalue weighted by Gasteiger charge is 2.18. The van der Waals surface area contributed by atoms with Crippen molar-refractivity contribution in [2.45, 2.75) is 39.8 Å². The molecule has 0 aliphatic heterocycles. The lowest BCUT2D eigenvalue weighted by atomic mass is 10.3. The van der Waals surface area contributed by atoms with Crippen LogP contribution >= 0.6 is 0 Å². The lowest BCUT2D eigenvalue weighted by Crippen LogP contribution is -2.31. The van der Waals surface area contributed by atoms with Crippen molar-refractivity contribution in [1.29, 1.82) is 0 Å². The molecule has 1 heterocycles. The van der Waals surface area contributed by atoms with Gasteiger partial charge < -0.3 is 5.32 Å². The molecule has 0 radical (unpaired) electrons. The molecule has 6 heteroatoms. The van der Waals surface area contributed by atoms with Crippen LogP contribution in [0.4, 0.5) is 0 Å². The SMILES string of the molecule is Cc1cccc(CN(C)S(=O)(=O)CCCNC(C)C)n1. The Hall–Kier alpha value is -0.980. The van der Waals surface area contributed by atoms with Gasteiger partial charge >= 0.3 is 0 Å². The van der Waals surface area contributed by atoms with Gasteiger partial charge in [-0.2, -0.15) is 4.31 Å². The molecular weight excluding hydrogens is 274 g/mol. The third kappa shape index (κ3) is 5.98. The van der Waals surface area contributed by atoms with E-state index in [0.717, 1.165) is 11.4 Å². The molecule has 1 aromatic heterocycles. The summed E-state index contributed by atoms with van der Waals surface area (Å²) in [6.07, 6.45) is 0.617. The monoisotopic (exact) mass is 299 g/mol. The molecule has 20 heavy (non-hydrogen) atoms. The zero-order chi connectivity index (χ0) is 15.2. The Labute approximate surface area is 122 Å². The van der Waals surface area contributed by atoms with Crippen molar-refractivity contribution in [1.82, 2.24) is 14.6 Å². The smallest absolute Gasteiger partial charge is 0.214 e. The van der Waals surface area contributed by atoms with Crippen LogP contribution in [0.2, 0.25) is 0 Å². The fourth-order valence-electron chi connectivity index (χ4n) is 1.82. The van der Waals surface area contributed by atoms with Crippen molar-refractivity contribution in [2.24, 2.45) is 0 Å². The first kappa shape index (κ1) is 17.1. The first-order valence-corrected chi connectivity index (χ1v) is 8.52. The predicted molar refractivity (Wildman–Crippen MR) is 82.0 cm³/mol. The fourth-order valence-corrected chi connectivity index (χ4v) is 2.96. The van der Waals surface area contributed by atoms with Crippen molar-refractivity contribution in [3.63, 3.8) is 0 Å².